The van der Waals surface area contributed by atoms with Crippen LogP contribution in [0, 0.1) is 11.3 Å². The molecule has 0 N–H and O–H groups in total. The van der Waals surface area contributed by atoms with E-state index in [1.807, 2.05) is 0 Å². The lowest BCUT2D eigenvalue weighted by molar-refractivity contribution is -0.136. The summed E-state index contributed by atoms with van der Waals surface area (Å²) >= 11 is 0. The van der Waals surface area contributed by atoms with Gasteiger partial charge in [0.1, 0.15) is 5.76 Å². The van der Waals surface area contributed by atoms with Crippen molar-refractivity contribution in [1.82, 2.24) is 0 Å². The predicted octanol–water partition coefficient (Wildman–Crippen LogP) is 0.977. The van der Waals surface area contributed by atoms with Gasteiger partial charge < -0.3 is 4.74 Å². The van der Waals surface area contributed by atoms with Crippen molar-refractivity contribution in [2.24, 2.45) is 0 Å². The molecule has 0 saturated heterocycles. The van der Waals surface area contributed by atoms with E-state index in [1.165, 1.54) is 13.0 Å². The largest absolute Gasteiger partial charge is 0.431 e. The molecule has 0 bridgehead atoms. The Morgan fingerprint density at radius 3 is 2.56 bits per heavy atom. The van der Waals surface area contributed by atoms with Crippen molar-refractivity contribution in [2.45, 2.75) is 13.8 Å². The molecule has 0 aliphatic rings. The monoisotopic (exact) mass is 125 g/mol. The summed E-state index contributed by atoms with van der Waals surface area (Å²) in [5.41, 5.74) is 0. The van der Waals surface area contributed by atoms with Gasteiger partial charge in [-0.2, -0.15) is 5.26 Å². The smallest absolute Gasteiger partial charge is 0.307 e. The number of nitriles is 1. The highest BCUT2D eigenvalue weighted by Gasteiger charge is 1.91. The minimum absolute atomic E-state index is 0.324. The molecule has 0 fully saturated rings. The Kier molecular flexibility index (Phi) is 3.14. The molecule has 0 aliphatic carbocycles. The average molecular weight is 125 g/mol. The molecule has 0 saturated carbocycles. The number of ether oxygens (including phenoxy) is 1. The number of nitrogens with zero attached hydrogens (tertiary/aromatic N) is 1. The molecule has 0 aliphatic heterocycles. The van der Waals surface area contributed by atoms with E-state index < -0.39 is 5.97 Å². The minimum atomic E-state index is -0.404. The summed E-state index contributed by atoms with van der Waals surface area (Å²) in [6.45, 7) is 2.83. The molecule has 0 unspecified atom stereocenters. The molecule has 0 spiro atoms. The Labute approximate surface area is 53.5 Å². The molecule has 0 rings (SSSR count). The SMILES string of the molecule is CC(=O)O/C(C)=C\C#N. The van der Waals surface area contributed by atoms with Crippen molar-refractivity contribution in [3.8, 4) is 6.07 Å². The summed E-state index contributed by atoms with van der Waals surface area (Å²) in [6.07, 6.45) is 1.17. The quantitative estimate of drug-likeness (QED) is 0.298. The molecule has 0 radical (unpaired) electrons. The van der Waals surface area contributed by atoms with E-state index in [0.29, 0.717) is 5.76 Å². The van der Waals surface area contributed by atoms with Gasteiger partial charge in [-0.05, 0) is 6.92 Å². The van der Waals surface area contributed by atoms with Gasteiger partial charge in [-0.15, -0.1) is 0 Å². The second-order valence-electron chi connectivity index (χ2n) is 1.48. The second-order valence-corrected chi connectivity index (χ2v) is 1.48. The standard InChI is InChI=1S/C6H7NO2/c1-5(3-4-7)9-6(2)8/h3H,1-2H3/b5-3-. The highest BCUT2D eigenvalue weighted by Crippen LogP contribution is 1.93. The molecule has 3 heteroatoms. The van der Waals surface area contributed by atoms with Crippen LogP contribution >= 0.6 is 0 Å². The zero-order valence-electron chi connectivity index (χ0n) is 5.34. The average Bonchev–Trinajstić information content (AvgIpc) is 1.63. The van der Waals surface area contributed by atoms with Crippen LogP contribution in [0.3, 0.4) is 0 Å². The van der Waals surface area contributed by atoms with Crippen LogP contribution in [-0.2, 0) is 9.53 Å². The van der Waals surface area contributed by atoms with Crippen molar-refractivity contribution in [3.63, 3.8) is 0 Å². The number of esters is 1. The molecule has 48 valence electrons. The molecular weight excluding hydrogens is 118 g/mol. The number of hydrogen-bond acceptors (Lipinski definition) is 3. The summed E-state index contributed by atoms with van der Waals surface area (Å²) in [5.74, 6) is -0.0796. The Balaban J connectivity index is 3.80. The Morgan fingerprint density at radius 2 is 2.22 bits per heavy atom. The van der Waals surface area contributed by atoms with Gasteiger partial charge in [0.15, 0.2) is 0 Å². The Morgan fingerprint density at radius 1 is 1.67 bits per heavy atom. The first kappa shape index (κ1) is 7.70. The Hall–Kier alpha value is -1.30. The maximum atomic E-state index is 10.2. The van der Waals surface area contributed by atoms with Crippen molar-refractivity contribution in [1.29, 1.82) is 5.26 Å². The van der Waals surface area contributed by atoms with E-state index in [1.54, 1.807) is 13.0 Å². The van der Waals surface area contributed by atoms with Gasteiger partial charge in [0.05, 0.1) is 12.1 Å². The van der Waals surface area contributed by atoms with Crippen LogP contribution < -0.4 is 0 Å². The molecule has 0 aromatic carbocycles. The maximum Gasteiger partial charge on any atom is 0.307 e. The lowest BCUT2D eigenvalue weighted by Gasteiger charge is -1.95. The summed E-state index contributed by atoms with van der Waals surface area (Å²) in [6, 6.07) is 1.73. The van der Waals surface area contributed by atoms with Crippen LogP contribution in [-0.4, -0.2) is 5.97 Å². The topological polar surface area (TPSA) is 50.1 Å². The van der Waals surface area contributed by atoms with Crippen molar-refractivity contribution < 1.29 is 9.53 Å². The van der Waals surface area contributed by atoms with Gasteiger partial charge in [-0.3, -0.25) is 4.79 Å². The van der Waals surface area contributed by atoms with Crippen LogP contribution in [0.4, 0.5) is 0 Å². The van der Waals surface area contributed by atoms with E-state index in [9.17, 15) is 4.79 Å². The minimum Gasteiger partial charge on any atom is -0.431 e. The van der Waals surface area contributed by atoms with E-state index >= 15 is 0 Å². The first-order chi connectivity index (χ1) is 4.16. The molecule has 0 atom stereocenters. The van der Waals surface area contributed by atoms with Crippen LogP contribution in [0.2, 0.25) is 0 Å². The third kappa shape index (κ3) is 4.56. The van der Waals surface area contributed by atoms with Gasteiger partial charge in [0, 0.05) is 6.92 Å². The third-order valence-electron chi connectivity index (χ3n) is 0.573. The van der Waals surface area contributed by atoms with E-state index in [-0.39, 0.29) is 0 Å². The predicted molar refractivity (Wildman–Crippen MR) is 31.1 cm³/mol. The fourth-order valence-electron chi connectivity index (χ4n) is 0.347. The van der Waals surface area contributed by atoms with E-state index in [0.717, 1.165) is 0 Å². The fraction of sp³-hybridized carbons (Fsp3) is 0.333. The number of allylic oxidation sites excluding steroid dienone is 2. The molecule has 0 aromatic heterocycles. The summed E-state index contributed by atoms with van der Waals surface area (Å²) in [5, 5.41) is 8.03. The van der Waals surface area contributed by atoms with Crippen LogP contribution in [0.5, 0.6) is 0 Å². The highest BCUT2D eigenvalue weighted by atomic mass is 16.5. The van der Waals surface area contributed by atoms with Crippen LogP contribution in [0.15, 0.2) is 11.8 Å². The number of rotatable bonds is 1. The van der Waals surface area contributed by atoms with E-state index in [4.69, 9.17) is 5.26 Å². The van der Waals surface area contributed by atoms with Crippen molar-refractivity contribution in [2.75, 3.05) is 0 Å². The molecule has 0 heterocycles. The molecule has 0 amide bonds. The Bertz CT molecular complexity index is 176. The van der Waals surface area contributed by atoms with Crippen molar-refractivity contribution >= 4 is 5.97 Å². The zero-order valence-corrected chi connectivity index (χ0v) is 5.34. The molecular formula is C6H7NO2. The fourth-order valence-corrected chi connectivity index (χ4v) is 0.347. The lowest BCUT2D eigenvalue weighted by Crippen LogP contribution is -1.94. The third-order valence-corrected chi connectivity index (χ3v) is 0.573. The van der Waals surface area contributed by atoms with Crippen LogP contribution in [0.25, 0.3) is 0 Å². The molecule has 0 aromatic rings. The first-order valence-electron chi connectivity index (χ1n) is 2.41. The first-order valence-corrected chi connectivity index (χ1v) is 2.41. The van der Waals surface area contributed by atoms with Gasteiger partial charge in [-0.1, -0.05) is 0 Å². The maximum absolute atomic E-state index is 10.2. The number of carbonyl (C=O) groups is 1. The number of carbonyl (C=O) groups excluding carboxylic acids is 1. The van der Waals surface area contributed by atoms with E-state index in [2.05, 4.69) is 4.74 Å². The summed E-state index contributed by atoms with van der Waals surface area (Å²) in [7, 11) is 0. The summed E-state index contributed by atoms with van der Waals surface area (Å²) in [4.78, 5) is 10.2. The van der Waals surface area contributed by atoms with Gasteiger partial charge in [0.25, 0.3) is 0 Å². The second kappa shape index (κ2) is 3.67. The lowest BCUT2D eigenvalue weighted by atomic mass is 10.5. The van der Waals surface area contributed by atoms with Crippen molar-refractivity contribution in [3.05, 3.63) is 11.8 Å². The van der Waals surface area contributed by atoms with Gasteiger partial charge in [-0.25, -0.2) is 0 Å². The van der Waals surface area contributed by atoms with Gasteiger partial charge in [0.2, 0.25) is 0 Å². The molecule has 3 nitrogen and oxygen atoms in total. The molecule has 9 heavy (non-hydrogen) atoms. The van der Waals surface area contributed by atoms with Crippen LogP contribution in [0.1, 0.15) is 13.8 Å². The van der Waals surface area contributed by atoms with Gasteiger partial charge >= 0.3 is 5.97 Å². The highest BCUT2D eigenvalue weighted by molar-refractivity contribution is 5.67. The number of hydrogen-bond donors (Lipinski definition) is 0. The normalized spacial score (nSPS) is 10.1. The summed E-state index contributed by atoms with van der Waals surface area (Å²) < 4.78 is 4.49. The zero-order chi connectivity index (χ0) is 7.28.